The van der Waals surface area contributed by atoms with E-state index in [0.29, 0.717) is 6.42 Å². The summed E-state index contributed by atoms with van der Waals surface area (Å²) >= 11 is 0. The van der Waals surface area contributed by atoms with Crippen LogP contribution in [0.1, 0.15) is 131 Å². The summed E-state index contributed by atoms with van der Waals surface area (Å²) in [5.74, 6) is -0.481. The maximum Gasteiger partial charge on any atom is 0.340 e. The molecular weight excluding hydrogens is 532 g/mol. The summed E-state index contributed by atoms with van der Waals surface area (Å²) in [6.07, 6.45) is 20.3. The minimum atomic E-state index is -1.15. The molecule has 0 bridgehead atoms. The number of ether oxygens (including phenoxy) is 2. The summed E-state index contributed by atoms with van der Waals surface area (Å²) in [5, 5.41) is 10.7. The van der Waals surface area contributed by atoms with Crippen LogP contribution in [-0.2, 0) is 14.3 Å². The first-order chi connectivity index (χ1) is 20.3. The lowest BCUT2D eigenvalue weighted by Gasteiger charge is -2.30. The number of rotatable bonds is 20. The summed E-state index contributed by atoms with van der Waals surface area (Å²) in [6.45, 7) is 16.5. The number of carbonyl (C=O) groups excluding carboxylic acids is 1. The van der Waals surface area contributed by atoms with E-state index in [-0.39, 0.29) is 0 Å². The normalized spacial score (nSPS) is 14.8. The minimum Gasteiger partial charge on any atom is -0.457 e. The van der Waals surface area contributed by atoms with Crippen LogP contribution in [0.15, 0.2) is 88.6 Å². The van der Waals surface area contributed by atoms with Gasteiger partial charge in [0.2, 0.25) is 0 Å². The third-order valence-corrected chi connectivity index (χ3v) is 7.71. The van der Waals surface area contributed by atoms with Crippen LogP contribution in [0.3, 0.4) is 0 Å². The molecule has 43 heavy (non-hydrogen) atoms. The largest absolute Gasteiger partial charge is 0.457 e. The van der Waals surface area contributed by atoms with E-state index in [9.17, 15) is 9.90 Å². The van der Waals surface area contributed by atoms with Gasteiger partial charge < -0.3 is 14.6 Å². The van der Waals surface area contributed by atoms with Gasteiger partial charge in [0, 0.05) is 7.11 Å². The van der Waals surface area contributed by atoms with Crippen molar-refractivity contribution in [3.8, 4) is 0 Å². The Morgan fingerprint density at radius 2 is 1.16 bits per heavy atom. The third kappa shape index (κ3) is 17.9. The van der Waals surface area contributed by atoms with E-state index in [1.807, 2.05) is 30.3 Å². The molecule has 0 amide bonds. The first-order valence-electron chi connectivity index (χ1n) is 16.1. The van der Waals surface area contributed by atoms with Crippen molar-refractivity contribution in [1.82, 2.24) is 0 Å². The summed E-state index contributed by atoms with van der Waals surface area (Å²) in [6, 6.07) is 9.29. The van der Waals surface area contributed by atoms with Gasteiger partial charge in [-0.1, -0.05) is 88.6 Å². The number of methoxy groups -OCH3 is 1. The minimum absolute atomic E-state index is 0.481. The van der Waals surface area contributed by atoms with Crippen molar-refractivity contribution in [2.45, 2.75) is 137 Å². The van der Waals surface area contributed by atoms with E-state index in [4.69, 9.17) is 9.47 Å². The van der Waals surface area contributed by atoms with Crippen LogP contribution in [0.4, 0.5) is 0 Å². The van der Waals surface area contributed by atoms with Crippen LogP contribution in [0.2, 0.25) is 0 Å². The quantitative estimate of drug-likeness (QED) is 0.0929. The second kappa shape index (κ2) is 21.1. The molecule has 0 radical (unpaired) electrons. The van der Waals surface area contributed by atoms with Gasteiger partial charge in [-0.15, -0.1) is 0 Å². The summed E-state index contributed by atoms with van der Waals surface area (Å²) in [4.78, 5) is 12.9. The van der Waals surface area contributed by atoms with Crippen LogP contribution in [0.25, 0.3) is 0 Å². The van der Waals surface area contributed by atoms with Gasteiger partial charge in [-0.2, -0.15) is 0 Å². The van der Waals surface area contributed by atoms with Gasteiger partial charge in [0.1, 0.15) is 6.10 Å². The number of hydrogen-bond acceptors (Lipinski definition) is 4. The number of aliphatic hydroxyl groups is 1. The summed E-state index contributed by atoms with van der Waals surface area (Å²) in [7, 11) is 1.49. The zero-order chi connectivity index (χ0) is 32.3. The zero-order valence-corrected chi connectivity index (χ0v) is 28.7. The van der Waals surface area contributed by atoms with Gasteiger partial charge in [0.25, 0.3) is 0 Å². The fourth-order valence-corrected chi connectivity index (χ4v) is 4.86. The van der Waals surface area contributed by atoms with Gasteiger partial charge in [-0.3, -0.25) is 0 Å². The maximum atomic E-state index is 12.9. The fraction of sp³-hybridized carbons (Fsp3) is 0.564. The molecule has 2 atom stereocenters. The Balaban J connectivity index is 2.46. The van der Waals surface area contributed by atoms with E-state index in [0.717, 1.165) is 63.4 Å². The molecule has 240 valence electrons. The Hall–Kier alpha value is -2.69. The molecule has 0 aliphatic rings. The van der Waals surface area contributed by atoms with Crippen LogP contribution in [0, 0.1) is 0 Å². The van der Waals surface area contributed by atoms with Crippen molar-refractivity contribution >= 4 is 5.97 Å². The first kappa shape index (κ1) is 38.3. The van der Waals surface area contributed by atoms with E-state index in [2.05, 4.69) is 71.9 Å². The average molecular weight is 593 g/mol. The smallest absolute Gasteiger partial charge is 0.340 e. The van der Waals surface area contributed by atoms with Crippen LogP contribution in [-0.4, -0.2) is 29.9 Å². The monoisotopic (exact) mass is 592 g/mol. The van der Waals surface area contributed by atoms with Gasteiger partial charge in [-0.25, -0.2) is 4.79 Å². The highest BCUT2D eigenvalue weighted by atomic mass is 16.6. The van der Waals surface area contributed by atoms with E-state index in [1.165, 1.54) is 35.0 Å². The molecule has 1 rings (SSSR count). The predicted octanol–water partition coefficient (Wildman–Crippen LogP) is 10.7. The average Bonchev–Trinajstić information content (AvgIpc) is 2.93. The number of carbonyl (C=O) groups is 1. The van der Waals surface area contributed by atoms with Gasteiger partial charge >= 0.3 is 5.97 Å². The first-order valence-corrected chi connectivity index (χ1v) is 16.1. The second-order valence-electron chi connectivity index (χ2n) is 12.8. The number of esters is 1. The highest BCUT2D eigenvalue weighted by Crippen LogP contribution is 2.25. The van der Waals surface area contributed by atoms with Crippen molar-refractivity contribution in [2.24, 2.45) is 0 Å². The molecule has 0 aliphatic heterocycles. The van der Waals surface area contributed by atoms with E-state index < -0.39 is 23.8 Å². The highest BCUT2D eigenvalue weighted by molar-refractivity contribution is 5.76. The van der Waals surface area contributed by atoms with Gasteiger partial charge in [0.15, 0.2) is 6.10 Å². The highest BCUT2D eigenvalue weighted by Gasteiger charge is 2.33. The Kier molecular flexibility index (Phi) is 18.8. The van der Waals surface area contributed by atoms with Crippen molar-refractivity contribution in [1.29, 1.82) is 0 Å². The van der Waals surface area contributed by atoms with Crippen LogP contribution in [0.5, 0.6) is 0 Å². The molecule has 1 aromatic carbocycles. The van der Waals surface area contributed by atoms with Crippen molar-refractivity contribution in [3.63, 3.8) is 0 Å². The molecule has 4 nitrogen and oxygen atoms in total. The number of unbranched alkanes of at least 4 members (excludes halogenated alkanes) is 1. The second-order valence-corrected chi connectivity index (χ2v) is 12.8. The Morgan fingerprint density at radius 3 is 1.60 bits per heavy atom. The molecule has 0 unspecified atom stereocenters. The molecule has 1 N–H and O–H groups in total. The molecule has 0 saturated heterocycles. The molecule has 0 fully saturated rings. The van der Waals surface area contributed by atoms with Crippen molar-refractivity contribution < 1.29 is 19.4 Å². The number of hydrogen-bond donors (Lipinski definition) is 1. The van der Waals surface area contributed by atoms with Crippen molar-refractivity contribution in [2.75, 3.05) is 7.11 Å². The number of benzene rings is 1. The van der Waals surface area contributed by atoms with E-state index >= 15 is 0 Å². The Bertz CT molecular complexity index is 1090. The molecule has 0 saturated carbocycles. The Morgan fingerprint density at radius 1 is 0.721 bits per heavy atom. The predicted molar refractivity (Wildman–Crippen MR) is 183 cm³/mol. The van der Waals surface area contributed by atoms with Gasteiger partial charge in [-0.05, 0) is 125 Å². The van der Waals surface area contributed by atoms with Gasteiger partial charge in [0.05, 0.1) is 5.60 Å². The molecule has 1 aromatic rings. The lowest BCUT2D eigenvalue weighted by molar-refractivity contribution is -0.174. The lowest BCUT2D eigenvalue weighted by Crippen LogP contribution is -2.40. The number of allylic oxidation sites excluding steroid dienone is 10. The van der Waals surface area contributed by atoms with Crippen LogP contribution >= 0.6 is 0 Å². The fourth-order valence-electron chi connectivity index (χ4n) is 4.86. The van der Waals surface area contributed by atoms with E-state index in [1.54, 1.807) is 13.8 Å². The molecule has 0 heterocycles. The lowest BCUT2D eigenvalue weighted by atomic mass is 9.95. The van der Waals surface area contributed by atoms with Crippen molar-refractivity contribution in [3.05, 3.63) is 94.1 Å². The topological polar surface area (TPSA) is 55.8 Å². The molecule has 0 spiro atoms. The molecule has 0 aliphatic carbocycles. The molecule has 4 heteroatoms. The summed E-state index contributed by atoms with van der Waals surface area (Å²) in [5.41, 5.74) is 6.61. The third-order valence-electron chi connectivity index (χ3n) is 7.71. The zero-order valence-electron chi connectivity index (χ0n) is 28.7. The molecule has 0 aromatic heterocycles. The molecular formula is C39H60O4. The Labute approximate surface area is 263 Å². The standard InChI is InChI=1S/C39H60O4/c1-30(2)18-15-21-33(5)24-16-22-31(3)19-13-14-20-32(4)23-17-25-34(6)28-29-36(39(7,8)41)43-38(40)37(42-9)35-26-11-10-12-27-35/h10-12,18-20,24-27,36-37,41H,13-17,21-23,28-29H2,1-9H3/b31-19+,32-20+,33-24+,34-25+/t36-,37-/m0/s1. The maximum absolute atomic E-state index is 12.9. The van der Waals surface area contributed by atoms with Crippen LogP contribution < -0.4 is 0 Å². The SMILES string of the molecule is CO[C@H](C(=O)O[C@@H](CC/C(C)=C/CC/C(C)=C/CC/C=C(\C)CC/C=C(\C)CCC=C(C)C)C(C)(C)O)c1ccccc1. The summed E-state index contributed by atoms with van der Waals surface area (Å²) < 4.78 is 11.2.